The summed E-state index contributed by atoms with van der Waals surface area (Å²) in [4.78, 5) is 16.9. The van der Waals surface area contributed by atoms with Crippen LogP contribution in [-0.2, 0) is 23.4 Å². The number of ether oxygens (including phenoxy) is 1. The molecule has 0 saturated carbocycles. The number of para-hydroxylation sites is 2. The van der Waals surface area contributed by atoms with Gasteiger partial charge in [0.05, 0.1) is 5.56 Å². The minimum Gasteiger partial charge on any atom is -0.441 e. The van der Waals surface area contributed by atoms with Gasteiger partial charge in [-0.15, -0.1) is 0 Å². The first-order chi connectivity index (χ1) is 30.7. The van der Waals surface area contributed by atoms with Crippen LogP contribution in [0.25, 0.3) is 27.4 Å². The van der Waals surface area contributed by atoms with Crippen molar-refractivity contribution < 1.29 is 9.53 Å². The molecule has 0 aliphatic carbocycles. The number of hydrogen-bond donors (Lipinski definition) is 0. The maximum atomic E-state index is 14.3. The highest BCUT2D eigenvalue weighted by molar-refractivity contribution is 6.07. The third kappa shape index (κ3) is 9.04. The Balaban J connectivity index is 1.55. The highest BCUT2D eigenvalue weighted by Crippen LogP contribution is 2.49. The fraction of sp³-hybridized carbons (Fsp3) is 0.466. The van der Waals surface area contributed by atoms with E-state index in [4.69, 9.17) is 4.74 Å². The maximum absolute atomic E-state index is 14.3. The van der Waals surface area contributed by atoms with Crippen molar-refractivity contribution in [3.8, 4) is 0 Å². The van der Waals surface area contributed by atoms with E-state index in [-0.39, 0.29) is 5.97 Å². The van der Waals surface area contributed by atoms with E-state index in [0.29, 0.717) is 23.4 Å². The van der Waals surface area contributed by atoms with Crippen LogP contribution >= 0.6 is 0 Å². The number of aromatic nitrogens is 2. The topological polar surface area (TPSA) is 39.4 Å². The first-order valence-electron chi connectivity index (χ1n) is 24.7. The molecule has 5 nitrogen and oxygen atoms in total. The zero-order valence-electron chi connectivity index (χ0n) is 40.1. The zero-order chi connectivity index (χ0) is 44.7. The summed E-state index contributed by atoms with van der Waals surface area (Å²) in [5.74, 6) is 0.880. The second-order valence-corrected chi connectivity index (χ2v) is 18.6. The molecule has 0 N–H and O–H groups in total. The fourth-order valence-corrected chi connectivity index (χ4v) is 10.5. The SMILES string of the molecule is CCCCC(CC)Cn1c(C)c(C(=CC2(c3ccc(N(CCCC)C(C)CC)cc3)OC(=O)c3ccccc32)c2c(C)n(CC(CC)CCCC)c3ccccc23)c2ccccc21. The molecule has 2 aromatic heterocycles. The Morgan fingerprint density at radius 1 is 0.651 bits per heavy atom. The quantitative estimate of drug-likeness (QED) is 0.0639. The average Bonchev–Trinajstić information content (AvgIpc) is 3.88. The second kappa shape index (κ2) is 20.6. The van der Waals surface area contributed by atoms with E-state index in [9.17, 15) is 4.79 Å². The van der Waals surface area contributed by atoms with Crippen LogP contribution in [0.5, 0.6) is 0 Å². The summed E-state index contributed by atoms with van der Waals surface area (Å²) in [5, 5.41) is 2.47. The van der Waals surface area contributed by atoms with Crippen LogP contribution in [0.2, 0.25) is 0 Å². The number of benzene rings is 4. The fourth-order valence-electron chi connectivity index (χ4n) is 10.5. The summed E-state index contributed by atoms with van der Waals surface area (Å²) < 4.78 is 12.1. The zero-order valence-corrected chi connectivity index (χ0v) is 40.1. The number of carbonyl (C=O) groups excluding carboxylic acids is 1. The van der Waals surface area contributed by atoms with Crippen molar-refractivity contribution in [2.45, 2.75) is 158 Å². The van der Waals surface area contributed by atoms with E-state index < -0.39 is 5.60 Å². The van der Waals surface area contributed by atoms with Gasteiger partial charge in [0.1, 0.15) is 0 Å². The van der Waals surface area contributed by atoms with E-state index >= 15 is 0 Å². The van der Waals surface area contributed by atoms with Crippen LogP contribution in [-0.4, -0.2) is 27.7 Å². The van der Waals surface area contributed by atoms with Gasteiger partial charge >= 0.3 is 5.97 Å². The van der Waals surface area contributed by atoms with Gasteiger partial charge in [-0.3, -0.25) is 0 Å². The van der Waals surface area contributed by atoms with Crippen molar-refractivity contribution in [1.82, 2.24) is 9.13 Å². The monoisotopic (exact) mass is 846 g/mol. The number of unbranched alkanes of at least 4 members (excludes halogenated alkanes) is 3. The highest BCUT2D eigenvalue weighted by Gasteiger charge is 2.46. The van der Waals surface area contributed by atoms with Gasteiger partial charge in [0.15, 0.2) is 5.60 Å². The molecule has 4 aromatic carbocycles. The Morgan fingerprint density at radius 2 is 1.16 bits per heavy atom. The highest BCUT2D eigenvalue weighted by atomic mass is 16.6. The normalized spacial score (nSPS) is 16.3. The minimum absolute atomic E-state index is 0.281. The van der Waals surface area contributed by atoms with E-state index in [2.05, 4.69) is 167 Å². The Kier molecular flexibility index (Phi) is 15.1. The molecule has 334 valence electrons. The van der Waals surface area contributed by atoms with Crippen LogP contribution in [0.1, 0.15) is 163 Å². The number of hydrogen-bond acceptors (Lipinski definition) is 3. The molecule has 0 radical (unpaired) electrons. The first-order valence-corrected chi connectivity index (χ1v) is 24.7. The lowest BCUT2D eigenvalue weighted by Crippen LogP contribution is -2.33. The molecule has 4 atom stereocenters. The predicted octanol–water partition coefficient (Wildman–Crippen LogP) is 15.6. The molecule has 6 aromatic rings. The molecular weight excluding hydrogens is 771 g/mol. The summed E-state index contributed by atoms with van der Waals surface area (Å²) in [6.07, 6.45) is 15.3. The molecular formula is C58H75N3O2. The third-order valence-corrected chi connectivity index (χ3v) is 14.6. The third-order valence-electron chi connectivity index (χ3n) is 14.6. The van der Waals surface area contributed by atoms with Gasteiger partial charge < -0.3 is 18.8 Å². The number of cyclic esters (lactones) is 1. The van der Waals surface area contributed by atoms with Crippen molar-refractivity contribution in [3.63, 3.8) is 0 Å². The Labute approximate surface area is 379 Å². The first kappa shape index (κ1) is 46.0. The molecule has 0 spiro atoms. The smallest absolute Gasteiger partial charge is 0.340 e. The number of carbonyl (C=O) groups is 1. The molecule has 3 heterocycles. The maximum Gasteiger partial charge on any atom is 0.340 e. The van der Waals surface area contributed by atoms with Crippen molar-refractivity contribution in [2.75, 3.05) is 11.4 Å². The van der Waals surface area contributed by atoms with Gasteiger partial charge in [0.25, 0.3) is 0 Å². The Hall–Kier alpha value is -5.03. The molecule has 4 unspecified atom stereocenters. The largest absolute Gasteiger partial charge is 0.441 e. The molecule has 7 rings (SSSR count). The number of anilines is 1. The van der Waals surface area contributed by atoms with Crippen LogP contribution in [0, 0.1) is 25.7 Å². The lowest BCUT2D eigenvalue weighted by molar-refractivity contribution is 0.0276. The number of fused-ring (bicyclic) bond motifs is 3. The van der Waals surface area contributed by atoms with E-state index in [1.54, 1.807) is 0 Å². The predicted molar refractivity (Wildman–Crippen MR) is 268 cm³/mol. The van der Waals surface area contributed by atoms with Crippen molar-refractivity contribution >= 4 is 39.0 Å². The number of rotatable bonds is 22. The Morgan fingerprint density at radius 3 is 1.67 bits per heavy atom. The lowest BCUT2D eigenvalue weighted by Gasteiger charge is -2.32. The van der Waals surface area contributed by atoms with Crippen molar-refractivity contribution in [2.24, 2.45) is 11.8 Å². The molecule has 5 heteroatoms. The van der Waals surface area contributed by atoms with Gasteiger partial charge in [-0.05, 0) is 100 Å². The Bertz CT molecular complexity index is 2400. The van der Waals surface area contributed by atoms with E-state index in [1.807, 2.05) is 12.1 Å². The second-order valence-electron chi connectivity index (χ2n) is 18.6. The van der Waals surface area contributed by atoms with E-state index in [1.165, 1.54) is 88.5 Å². The molecule has 1 aliphatic heterocycles. The van der Waals surface area contributed by atoms with Gasteiger partial charge in [-0.25, -0.2) is 4.79 Å². The summed E-state index contributed by atoms with van der Waals surface area (Å²) >= 11 is 0. The van der Waals surface area contributed by atoms with Gasteiger partial charge in [-0.2, -0.15) is 0 Å². The van der Waals surface area contributed by atoms with Gasteiger partial charge in [-0.1, -0.05) is 153 Å². The summed E-state index contributed by atoms with van der Waals surface area (Å²) in [5.41, 5.74) is 11.1. The van der Waals surface area contributed by atoms with Gasteiger partial charge in [0, 0.05) is 86.8 Å². The minimum atomic E-state index is -1.17. The molecule has 0 amide bonds. The standard InChI is InChI=1S/C58H75N3O2/c1-10-16-25-44(14-5)39-60-42(8)55(49-28-20-23-31-53(49)60)51(56-43(9)61(40-45(15-6)26-17-11-2)54-32-24-21-29-50(54)56)38-58(52-30-22-19-27-48(52)57(62)63-58)46-33-35-47(36-34-46)59(37-18-12-3)41(7)13-4/h19-24,27-36,38,41,44-45H,10-18,25-26,37,39-40H2,1-9H3. The summed E-state index contributed by atoms with van der Waals surface area (Å²) in [6.45, 7) is 23.8. The molecule has 0 fully saturated rings. The number of esters is 1. The van der Waals surface area contributed by atoms with Crippen LogP contribution in [0.3, 0.4) is 0 Å². The molecule has 1 aliphatic rings. The van der Waals surface area contributed by atoms with Crippen LogP contribution in [0.4, 0.5) is 5.69 Å². The molecule has 0 saturated heterocycles. The molecule has 63 heavy (non-hydrogen) atoms. The average molecular weight is 846 g/mol. The lowest BCUT2D eigenvalue weighted by atomic mass is 9.81. The van der Waals surface area contributed by atoms with Crippen LogP contribution in [0.15, 0.2) is 103 Å². The van der Waals surface area contributed by atoms with Crippen molar-refractivity contribution in [1.29, 1.82) is 0 Å². The van der Waals surface area contributed by atoms with Crippen LogP contribution < -0.4 is 4.90 Å². The van der Waals surface area contributed by atoms with Crippen molar-refractivity contribution in [3.05, 3.63) is 142 Å². The molecule has 0 bridgehead atoms. The van der Waals surface area contributed by atoms with E-state index in [0.717, 1.165) is 68.4 Å². The summed E-state index contributed by atoms with van der Waals surface area (Å²) in [7, 11) is 0. The summed E-state index contributed by atoms with van der Waals surface area (Å²) in [6, 6.07) is 35.5. The number of nitrogens with zero attached hydrogens (tertiary/aromatic N) is 3. The van der Waals surface area contributed by atoms with Gasteiger partial charge in [0.2, 0.25) is 0 Å².